The van der Waals surface area contributed by atoms with Crippen LogP contribution in [0.25, 0.3) is 0 Å². The van der Waals surface area contributed by atoms with Crippen LogP contribution in [0.15, 0.2) is 16.6 Å². The van der Waals surface area contributed by atoms with Gasteiger partial charge in [-0.15, -0.1) is 0 Å². The summed E-state index contributed by atoms with van der Waals surface area (Å²) in [6.45, 7) is 2.64. The van der Waals surface area contributed by atoms with E-state index in [2.05, 4.69) is 21.2 Å². The van der Waals surface area contributed by atoms with Gasteiger partial charge < -0.3 is 14.8 Å². The zero-order chi connectivity index (χ0) is 12.1. The SMILES string of the molecule is COCC(C)Nc1cc(Cl)cc(Br)c1OC. The van der Waals surface area contributed by atoms with Crippen molar-refractivity contribution in [3.05, 3.63) is 21.6 Å². The molecule has 0 radical (unpaired) electrons. The number of benzene rings is 1. The Morgan fingerprint density at radius 2 is 2.12 bits per heavy atom. The molecule has 1 unspecified atom stereocenters. The minimum Gasteiger partial charge on any atom is -0.493 e. The van der Waals surface area contributed by atoms with Crippen LogP contribution >= 0.6 is 27.5 Å². The second-order valence-electron chi connectivity index (χ2n) is 3.47. The predicted molar refractivity (Wildman–Crippen MR) is 70.7 cm³/mol. The number of anilines is 1. The first kappa shape index (κ1) is 13.6. The molecule has 1 aromatic rings. The van der Waals surface area contributed by atoms with Crippen LogP contribution in [0.3, 0.4) is 0 Å². The topological polar surface area (TPSA) is 30.5 Å². The van der Waals surface area contributed by atoms with Gasteiger partial charge in [-0.1, -0.05) is 11.6 Å². The third-order valence-electron chi connectivity index (χ3n) is 2.03. The van der Waals surface area contributed by atoms with Crippen molar-refractivity contribution in [3.63, 3.8) is 0 Å². The molecule has 0 saturated heterocycles. The van der Waals surface area contributed by atoms with Crippen LogP contribution in [0, 0.1) is 0 Å². The molecule has 0 saturated carbocycles. The lowest BCUT2D eigenvalue weighted by Gasteiger charge is -2.18. The van der Waals surface area contributed by atoms with Crippen molar-refractivity contribution >= 4 is 33.2 Å². The molecule has 0 spiro atoms. The highest BCUT2D eigenvalue weighted by atomic mass is 79.9. The molecular weight excluding hydrogens is 293 g/mol. The number of ether oxygens (including phenoxy) is 2. The van der Waals surface area contributed by atoms with Crippen LogP contribution in [0.4, 0.5) is 5.69 Å². The van der Waals surface area contributed by atoms with E-state index in [1.807, 2.05) is 13.0 Å². The lowest BCUT2D eigenvalue weighted by Crippen LogP contribution is -2.21. The van der Waals surface area contributed by atoms with E-state index in [4.69, 9.17) is 21.1 Å². The molecule has 0 aliphatic rings. The Morgan fingerprint density at radius 1 is 1.44 bits per heavy atom. The molecule has 16 heavy (non-hydrogen) atoms. The second-order valence-corrected chi connectivity index (χ2v) is 4.76. The van der Waals surface area contributed by atoms with E-state index >= 15 is 0 Å². The molecule has 3 nitrogen and oxygen atoms in total. The lowest BCUT2D eigenvalue weighted by molar-refractivity contribution is 0.190. The molecular formula is C11H15BrClNO2. The van der Waals surface area contributed by atoms with Crippen LogP contribution < -0.4 is 10.1 Å². The molecule has 0 bridgehead atoms. The van der Waals surface area contributed by atoms with Crippen molar-refractivity contribution in [2.24, 2.45) is 0 Å². The molecule has 1 rings (SSSR count). The van der Waals surface area contributed by atoms with Crippen molar-refractivity contribution in [2.45, 2.75) is 13.0 Å². The average molecular weight is 309 g/mol. The molecule has 0 amide bonds. The first-order chi connectivity index (χ1) is 7.58. The van der Waals surface area contributed by atoms with E-state index in [9.17, 15) is 0 Å². The molecule has 0 aliphatic carbocycles. The van der Waals surface area contributed by atoms with Crippen LogP contribution in [0.1, 0.15) is 6.92 Å². The van der Waals surface area contributed by atoms with Gasteiger partial charge in [0.2, 0.25) is 0 Å². The van der Waals surface area contributed by atoms with Crippen molar-refractivity contribution in [2.75, 3.05) is 26.1 Å². The zero-order valence-corrected chi connectivity index (χ0v) is 11.9. The first-order valence-corrected chi connectivity index (χ1v) is 6.04. The van der Waals surface area contributed by atoms with E-state index in [0.717, 1.165) is 15.9 Å². The smallest absolute Gasteiger partial charge is 0.156 e. The molecule has 0 fully saturated rings. The Hall–Kier alpha value is -0.450. The highest BCUT2D eigenvalue weighted by Crippen LogP contribution is 2.36. The molecule has 5 heteroatoms. The number of halogens is 2. The van der Waals surface area contributed by atoms with Gasteiger partial charge in [0, 0.05) is 18.2 Å². The maximum absolute atomic E-state index is 5.98. The molecule has 1 N–H and O–H groups in total. The third kappa shape index (κ3) is 3.54. The van der Waals surface area contributed by atoms with E-state index in [0.29, 0.717) is 11.6 Å². The van der Waals surface area contributed by atoms with E-state index in [1.165, 1.54) is 0 Å². The van der Waals surface area contributed by atoms with E-state index in [-0.39, 0.29) is 6.04 Å². The standard InChI is InChI=1S/C11H15BrClNO2/c1-7(6-15-2)14-10-5-8(13)4-9(12)11(10)16-3/h4-5,7,14H,6H2,1-3H3. The number of hydrogen-bond donors (Lipinski definition) is 1. The molecule has 0 heterocycles. The maximum Gasteiger partial charge on any atom is 0.156 e. The molecule has 0 aliphatic heterocycles. The molecule has 1 atom stereocenters. The summed E-state index contributed by atoms with van der Waals surface area (Å²) in [5.74, 6) is 0.743. The van der Waals surface area contributed by atoms with Crippen LogP contribution in [-0.2, 0) is 4.74 Å². The van der Waals surface area contributed by atoms with Gasteiger partial charge in [0.15, 0.2) is 5.75 Å². The number of rotatable bonds is 5. The van der Waals surface area contributed by atoms with Gasteiger partial charge in [0.25, 0.3) is 0 Å². The monoisotopic (exact) mass is 307 g/mol. The highest BCUT2D eigenvalue weighted by molar-refractivity contribution is 9.10. The predicted octanol–water partition coefficient (Wildman–Crippen LogP) is 3.56. The second kappa shape index (κ2) is 6.33. The Bertz CT molecular complexity index is 360. The van der Waals surface area contributed by atoms with Crippen LogP contribution in [-0.4, -0.2) is 26.9 Å². The van der Waals surface area contributed by atoms with Crippen LogP contribution in [0.2, 0.25) is 5.02 Å². The number of nitrogens with one attached hydrogen (secondary N) is 1. The summed E-state index contributed by atoms with van der Waals surface area (Å²) >= 11 is 9.39. The Balaban J connectivity index is 2.93. The summed E-state index contributed by atoms with van der Waals surface area (Å²) in [7, 11) is 3.30. The van der Waals surface area contributed by atoms with Gasteiger partial charge in [0.1, 0.15) is 0 Å². The summed E-state index contributed by atoms with van der Waals surface area (Å²) in [6, 6.07) is 3.81. The number of hydrogen-bond acceptors (Lipinski definition) is 3. The van der Waals surface area contributed by atoms with E-state index in [1.54, 1.807) is 20.3 Å². The van der Waals surface area contributed by atoms with E-state index < -0.39 is 0 Å². The summed E-state index contributed by atoms with van der Waals surface area (Å²) in [6.07, 6.45) is 0. The van der Waals surface area contributed by atoms with Gasteiger partial charge in [-0.3, -0.25) is 0 Å². The van der Waals surface area contributed by atoms with Gasteiger partial charge in [-0.2, -0.15) is 0 Å². The van der Waals surface area contributed by atoms with Crippen molar-refractivity contribution in [1.82, 2.24) is 0 Å². The Kier molecular flexibility index (Phi) is 5.38. The Labute approximate surface area is 109 Å². The molecule has 90 valence electrons. The van der Waals surface area contributed by atoms with Crippen molar-refractivity contribution in [3.8, 4) is 5.75 Å². The highest BCUT2D eigenvalue weighted by Gasteiger charge is 2.11. The largest absolute Gasteiger partial charge is 0.493 e. The van der Waals surface area contributed by atoms with Crippen LogP contribution in [0.5, 0.6) is 5.75 Å². The van der Waals surface area contributed by atoms with Crippen molar-refractivity contribution < 1.29 is 9.47 Å². The van der Waals surface area contributed by atoms with Gasteiger partial charge in [-0.25, -0.2) is 0 Å². The first-order valence-electron chi connectivity index (χ1n) is 4.87. The fraction of sp³-hybridized carbons (Fsp3) is 0.455. The normalized spacial score (nSPS) is 12.3. The van der Waals surface area contributed by atoms with Crippen molar-refractivity contribution in [1.29, 1.82) is 0 Å². The number of methoxy groups -OCH3 is 2. The summed E-state index contributed by atoms with van der Waals surface area (Å²) in [5, 5.41) is 3.93. The minimum atomic E-state index is 0.185. The molecule has 0 aromatic heterocycles. The molecule has 1 aromatic carbocycles. The fourth-order valence-corrected chi connectivity index (χ4v) is 2.40. The lowest BCUT2D eigenvalue weighted by atomic mass is 10.2. The Morgan fingerprint density at radius 3 is 2.69 bits per heavy atom. The average Bonchev–Trinajstić information content (AvgIpc) is 2.17. The summed E-state index contributed by atoms with van der Waals surface area (Å²) in [5.41, 5.74) is 0.853. The minimum absolute atomic E-state index is 0.185. The zero-order valence-electron chi connectivity index (χ0n) is 9.51. The maximum atomic E-state index is 5.98. The van der Waals surface area contributed by atoms with Gasteiger partial charge >= 0.3 is 0 Å². The third-order valence-corrected chi connectivity index (χ3v) is 2.84. The summed E-state index contributed by atoms with van der Waals surface area (Å²) in [4.78, 5) is 0. The quantitative estimate of drug-likeness (QED) is 0.902. The van der Waals surface area contributed by atoms with Gasteiger partial charge in [-0.05, 0) is 35.0 Å². The fourth-order valence-electron chi connectivity index (χ4n) is 1.43. The summed E-state index contributed by atoms with van der Waals surface area (Å²) < 4.78 is 11.2. The van der Waals surface area contributed by atoms with Gasteiger partial charge in [0.05, 0.1) is 23.9 Å².